The molecule has 1 saturated heterocycles. The smallest absolute Gasteiger partial charge is 0.409 e. The maximum atomic E-state index is 13.6. The first kappa shape index (κ1) is 32.5. The van der Waals surface area contributed by atoms with Gasteiger partial charge in [-0.05, 0) is 65.2 Å². The van der Waals surface area contributed by atoms with Gasteiger partial charge < -0.3 is 29.7 Å². The zero-order valence-electron chi connectivity index (χ0n) is 25.1. The summed E-state index contributed by atoms with van der Waals surface area (Å²) in [4.78, 5) is 59.4. The van der Waals surface area contributed by atoms with E-state index in [-0.39, 0.29) is 44.1 Å². The lowest BCUT2D eigenvalue weighted by molar-refractivity contribution is -0.155. The largest absolute Gasteiger partial charge is 0.460 e. The van der Waals surface area contributed by atoms with Crippen molar-refractivity contribution in [2.24, 2.45) is 0 Å². The molecule has 3 rings (SSSR count). The molecule has 1 fully saturated rings. The van der Waals surface area contributed by atoms with E-state index in [9.17, 15) is 24.3 Å². The number of nitrogens with one attached hydrogen (secondary N) is 1. The fourth-order valence-corrected chi connectivity index (χ4v) is 4.61. The summed E-state index contributed by atoms with van der Waals surface area (Å²) in [5.41, 5.74) is 1.48. The van der Waals surface area contributed by atoms with Crippen molar-refractivity contribution in [3.05, 3.63) is 53.7 Å². The van der Waals surface area contributed by atoms with E-state index in [4.69, 9.17) is 9.47 Å². The molecule has 2 atom stereocenters. The number of aliphatic hydroxyl groups is 1. The Bertz CT molecular complexity index is 1240. The Hall–Kier alpha value is -3.99. The van der Waals surface area contributed by atoms with Gasteiger partial charge in [0.15, 0.2) is 0 Å². The van der Waals surface area contributed by atoms with E-state index >= 15 is 0 Å². The lowest BCUT2D eigenvalue weighted by atomic mass is 10.0. The highest BCUT2D eigenvalue weighted by atomic mass is 16.6. The molecule has 1 aromatic heterocycles. The molecule has 1 aromatic carbocycles. The van der Waals surface area contributed by atoms with Crippen molar-refractivity contribution in [1.82, 2.24) is 20.1 Å². The van der Waals surface area contributed by atoms with Crippen LogP contribution in [0.25, 0.3) is 11.3 Å². The number of pyridine rings is 1. The highest BCUT2D eigenvalue weighted by Crippen LogP contribution is 2.21. The van der Waals surface area contributed by atoms with Crippen molar-refractivity contribution in [1.29, 1.82) is 0 Å². The van der Waals surface area contributed by atoms with Crippen molar-refractivity contribution < 1.29 is 33.8 Å². The SMILES string of the molecule is CCOC(=O)N1CCN(C(=O)[C@H](CCC(=O)OC(C)(C)C)NC(=O)c2cc(CC(C)O)cc(-c3ccccc3)n2)CC1. The number of carbonyl (C=O) groups excluding carboxylic acids is 4. The van der Waals surface area contributed by atoms with Gasteiger partial charge in [-0.15, -0.1) is 0 Å². The zero-order chi connectivity index (χ0) is 30.9. The molecule has 0 aliphatic carbocycles. The van der Waals surface area contributed by atoms with Crippen LogP contribution in [0.2, 0.25) is 0 Å². The van der Waals surface area contributed by atoms with Crippen LogP contribution in [0.5, 0.6) is 0 Å². The Morgan fingerprint density at radius 3 is 2.26 bits per heavy atom. The number of amides is 3. The van der Waals surface area contributed by atoms with E-state index in [2.05, 4.69) is 10.3 Å². The van der Waals surface area contributed by atoms with E-state index < -0.39 is 35.7 Å². The van der Waals surface area contributed by atoms with Crippen LogP contribution in [-0.4, -0.2) is 94.3 Å². The van der Waals surface area contributed by atoms with Crippen LogP contribution in [0.4, 0.5) is 4.79 Å². The molecular weight excluding hydrogens is 540 g/mol. The molecule has 11 heteroatoms. The van der Waals surface area contributed by atoms with Gasteiger partial charge >= 0.3 is 12.1 Å². The Labute approximate surface area is 247 Å². The maximum Gasteiger partial charge on any atom is 0.409 e. The third-order valence-electron chi connectivity index (χ3n) is 6.50. The van der Waals surface area contributed by atoms with Gasteiger partial charge in [-0.3, -0.25) is 14.4 Å². The average molecular weight is 583 g/mol. The van der Waals surface area contributed by atoms with Crippen LogP contribution >= 0.6 is 0 Å². The van der Waals surface area contributed by atoms with Gasteiger partial charge in [0.25, 0.3) is 5.91 Å². The van der Waals surface area contributed by atoms with Crippen molar-refractivity contribution >= 4 is 23.9 Å². The summed E-state index contributed by atoms with van der Waals surface area (Å²) in [5, 5.41) is 12.8. The highest BCUT2D eigenvalue weighted by molar-refractivity contribution is 5.97. The van der Waals surface area contributed by atoms with Crippen molar-refractivity contribution in [2.75, 3.05) is 32.8 Å². The number of hydrogen-bond donors (Lipinski definition) is 2. The fourth-order valence-electron chi connectivity index (χ4n) is 4.61. The normalized spacial score (nSPS) is 15.0. The lowest BCUT2D eigenvalue weighted by Crippen LogP contribution is -2.56. The number of benzene rings is 1. The Balaban J connectivity index is 1.82. The van der Waals surface area contributed by atoms with Gasteiger partial charge in [0.1, 0.15) is 17.3 Å². The number of piperazine rings is 1. The number of aliphatic hydroxyl groups excluding tert-OH is 1. The summed E-state index contributed by atoms with van der Waals surface area (Å²) < 4.78 is 10.5. The first-order chi connectivity index (χ1) is 19.9. The standard InChI is InChI=1S/C31H42N4O7/c1-6-41-30(40)35-16-14-34(15-17-35)29(39)24(12-13-27(37)42-31(3,4)5)33-28(38)26-20-22(18-21(2)36)19-25(32-26)23-10-8-7-9-11-23/h7-11,19-21,24,36H,6,12-18H2,1-5H3,(H,33,38)/t21?,24-/m0/s1. The second-order valence-corrected chi connectivity index (χ2v) is 11.3. The summed E-state index contributed by atoms with van der Waals surface area (Å²) in [6.07, 6.45) is -0.813. The summed E-state index contributed by atoms with van der Waals surface area (Å²) in [6.45, 7) is 10.0. The minimum Gasteiger partial charge on any atom is -0.460 e. The maximum absolute atomic E-state index is 13.6. The van der Waals surface area contributed by atoms with Crippen LogP contribution in [0.15, 0.2) is 42.5 Å². The summed E-state index contributed by atoms with van der Waals surface area (Å²) in [7, 11) is 0. The second-order valence-electron chi connectivity index (χ2n) is 11.3. The van der Waals surface area contributed by atoms with E-state index in [1.807, 2.05) is 36.4 Å². The molecule has 11 nitrogen and oxygen atoms in total. The van der Waals surface area contributed by atoms with Gasteiger partial charge in [-0.25, -0.2) is 9.78 Å². The van der Waals surface area contributed by atoms with E-state index in [0.717, 1.165) is 11.1 Å². The molecule has 228 valence electrons. The van der Waals surface area contributed by atoms with Crippen molar-refractivity contribution in [2.45, 2.75) is 71.6 Å². The number of aromatic nitrogens is 1. The number of ether oxygens (including phenoxy) is 2. The van der Waals surface area contributed by atoms with Gasteiger partial charge in [0.05, 0.1) is 18.4 Å². The predicted molar refractivity (Wildman–Crippen MR) is 157 cm³/mol. The van der Waals surface area contributed by atoms with Gasteiger partial charge in [0.2, 0.25) is 5.91 Å². The van der Waals surface area contributed by atoms with Crippen molar-refractivity contribution in [3.63, 3.8) is 0 Å². The summed E-state index contributed by atoms with van der Waals surface area (Å²) >= 11 is 0. The first-order valence-corrected chi connectivity index (χ1v) is 14.3. The number of carbonyl (C=O) groups is 4. The van der Waals surface area contributed by atoms with E-state index in [1.165, 1.54) is 4.90 Å². The molecule has 0 saturated carbocycles. The topological polar surface area (TPSA) is 138 Å². The van der Waals surface area contributed by atoms with Gasteiger partial charge in [-0.2, -0.15) is 0 Å². The minimum absolute atomic E-state index is 0.0243. The highest BCUT2D eigenvalue weighted by Gasteiger charge is 2.32. The average Bonchev–Trinajstić information content (AvgIpc) is 2.94. The molecule has 2 aromatic rings. The summed E-state index contributed by atoms with van der Waals surface area (Å²) in [6, 6.07) is 11.8. The number of rotatable bonds is 10. The molecule has 0 bridgehead atoms. The third kappa shape index (κ3) is 9.83. The monoisotopic (exact) mass is 582 g/mol. The molecule has 3 amide bonds. The molecule has 1 unspecified atom stereocenters. The van der Waals surface area contributed by atoms with Gasteiger partial charge in [0, 0.05) is 38.2 Å². The molecule has 42 heavy (non-hydrogen) atoms. The third-order valence-corrected chi connectivity index (χ3v) is 6.50. The van der Waals surface area contributed by atoms with Crippen molar-refractivity contribution in [3.8, 4) is 11.3 Å². The van der Waals surface area contributed by atoms with E-state index in [0.29, 0.717) is 25.2 Å². The Kier molecular flexibility index (Phi) is 11.4. The summed E-state index contributed by atoms with van der Waals surface area (Å²) in [5.74, 6) is -1.42. The molecule has 0 spiro atoms. The quantitative estimate of drug-likeness (QED) is 0.408. The van der Waals surface area contributed by atoms with Crippen LogP contribution in [-0.2, 0) is 25.5 Å². The Morgan fingerprint density at radius 2 is 1.67 bits per heavy atom. The van der Waals surface area contributed by atoms with Crippen LogP contribution in [0.1, 0.15) is 63.5 Å². The fraction of sp³-hybridized carbons (Fsp3) is 0.516. The molecular formula is C31H42N4O7. The van der Waals surface area contributed by atoms with Crippen LogP contribution < -0.4 is 5.32 Å². The second kappa shape index (κ2) is 14.8. The number of nitrogens with zero attached hydrogens (tertiary/aromatic N) is 3. The first-order valence-electron chi connectivity index (χ1n) is 14.3. The predicted octanol–water partition coefficient (Wildman–Crippen LogP) is 3.19. The number of esters is 1. The lowest BCUT2D eigenvalue weighted by Gasteiger charge is -2.36. The molecule has 2 N–H and O–H groups in total. The molecule has 2 heterocycles. The molecule has 0 radical (unpaired) electrons. The molecule has 1 aliphatic rings. The number of hydrogen-bond acceptors (Lipinski definition) is 8. The zero-order valence-corrected chi connectivity index (χ0v) is 25.1. The van der Waals surface area contributed by atoms with Crippen LogP contribution in [0, 0.1) is 0 Å². The van der Waals surface area contributed by atoms with E-state index in [1.54, 1.807) is 45.6 Å². The minimum atomic E-state index is -1.03. The Morgan fingerprint density at radius 1 is 1.02 bits per heavy atom. The van der Waals surface area contributed by atoms with Crippen LogP contribution in [0.3, 0.4) is 0 Å². The van der Waals surface area contributed by atoms with Gasteiger partial charge in [-0.1, -0.05) is 30.3 Å². The molecule has 1 aliphatic heterocycles.